The average Bonchev–Trinajstić information content (AvgIpc) is 3.00. The number of hydrogen-bond donors (Lipinski definition) is 2. The number of nitrogens with zero attached hydrogens (tertiary/aromatic N) is 1. The molecule has 0 aromatic heterocycles. The summed E-state index contributed by atoms with van der Waals surface area (Å²) in [5, 5.41) is 2.25. The molecule has 11 heteroatoms. The lowest BCUT2D eigenvalue weighted by atomic mass is 10.2. The minimum atomic E-state index is -4.78. The van der Waals surface area contributed by atoms with Crippen molar-refractivity contribution in [1.29, 1.82) is 0 Å². The van der Waals surface area contributed by atoms with Crippen molar-refractivity contribution in [2.75, 3.05) is 6.61 Å². The van der Waals surface area contributed by atoms with Crippen molar-refractivity contribution in [1.82, 2.24) is 5.32 Å². The van der Waals surface area contributed by atoms with Gasteiger partial charge in [0, 0.05) is 0 Å². The summed E-state index contributed by atoms with van der Waals surface area (Å²) in [4.78, 5) is 27.3. The Hall–Kier alpha value is -3.47. The lowest BCUT2D eigenvalue weighted by molar-refractivity contribution is -0.274. The first kappa shape index (κ1) is 21.2. The molecule has 1 aliphatic heterocycles. The number of amides is 2. The van der Waals surface area contributed by atoms with Crippen LogP contribution in [0.1, 0.15) is 5.56 Å². The zero-order valence-electron chi connectivity index (χ0n) is 15.1. The van der Waals surface area contributed by atoms with E-state index in [9.17, 15) is 22.8 Å². The number of halogens is 3. The zero-order valence-corrected chi connectivity index (χ0v) is 15.9. The van der Waals surface area contributed by atoms with Crippen LogP contribution in [0.15, 0.2) is 58.4 Å². The number of alkyl halides is 3. The molecule has 3 rings (SSSR count). The normalized spacial score (nSPS) is 16.6. The van der Waals surface area contributed by atoms with Crippen LogP contribution < -0.4 is 20.5 Å². The van der Waals surface area contributed by atoms with Gasteiger partial charge >= 0.3 is 6.36 Å². The lowest BCUT2D eigenvalue weighted by Gasteiger charge is -2.08. The van der Waals surface area contributed by atoms with Crippen LogP contribution in [0.2, 0.25) is 0 Å². The van der Waals surface area contributed by atoms with E-state index in [1.807, 2.05) is 0 Å². The Balaban J connectivity index is 1.76. The molecule has 0 unspecified atom stereocenters. The van der Waals surface area contributed by atoms with E-state index >= 15 is 0 Å². The average molecular weight is 437 g/mol. The van der Waals surface area contributed by atoms with E-state index in [4.69, 9.17) is 10.5 Å². The maximum atomic E-state index is 12.2. The van der Waals surface area contributed by atoms with Gasteiger partial charge < -0.3 is 20.5 Å². The summed E-state index contributed by atoms with van der Waals surface area (Å²) in [6.45, 7) is -0.238. The monoisotopic (exact) mass is 437 g/mol. The molecule has 2 aromatic carbocycles. The van der Waals surface area contributed by atoms with Crippen LogP contribution in [0.5, 0.6) is 11.5 Å². The highest BCUT2D eigenvalue weighted by Crippen LogP contribution is 2.30. The van der Waals surface area contributed by atoms with Crippen molar-refractivity contribution in [3.63, 3.8) is 0 Å². The summed E-state index contributed by atoms with van der Waals surface area (Å²) in [5.41, 5.74) is 6.10. The molecule has 0 saturated carbocycles. The van der Waals surface area contributed by atoms with Crippen LogP contribution >= 0.6 is 11.8 Å². The van der Waals surface area contributed by atoms with Gasteiger partial charge in [0.2, 0.25) is 0 Å². The van der Waals surface area contributed by atoms with Crippen LogP contribution in [-0.4, -0.2) is 30.0 Å². The summed E-state index contributed by atoms with van der Waals surface area (Å²) in [6.07, 6.45) is -3.07. The van der Waals surface area contributed by atoms with E-state index in [0.717, 1.165) is 29.5 Å². The number of amidine groups is 1. The predicted molar refractivity (Wildman–Crippen MR) is 105 cm³/mol. The quantitative estimate of drug-likeness (QED) is 0.712. The van der Waals surface area contributed by atoms with Gasteiger partial charge in [0.15, 0.2) is 6.61 Å². The van der Waals surface area contributed by atoms with Crippen molar-refractivity contribution < 1.29 is 32.2 Å². The molecule has 1 aliphatic rings. The van der Waals surface area contributed by atoms with E-state index in [2.05, 4.69) is 15.0 Å². The van der Waals surface area contributed by atoms with E-state index in [-0.39, 0.29) is 23.4 Å². The molecule has 1 fully saturated rings. The van der Waals surface area contributed by atoms with Gasteiger partial charge in [0.25, 0.3) is 11.1 Å². The Morgan fingerprint density at radius 2 is 1.73 bits per heavy atom. The number of nitrogens with two attached hydrogens (primary N) is 1. The molecule has 156 valence electrons. The van der Waals surface area contributed by atoms with Crippen molar-refractivity contribution in [3.8, 4) is 11.5 Å². The molecule has 30 heavy (non-hydrogen) atoms. The molecular weight excluding hydrogens is 423 g/mol. The van der Waals surface area contributed by atoms with Gasteiger partial charge in [-0.3, -0.25) is 9.59 Å². The molecule has 0 bridgehead atoms. The Bertz CT molecular complexity index is 1000. The molecule has 0 radical (unpaired) electrons. The third-order valence-corrected chi connectivity index (χ3v) is 4.35. The highest BCUT2D eigenvalue weighted by molar-refractivity contribution is 8.18. The van der Waals surface area contributed by atoms with E-state index in [0.29, 0.717) is 16.3 Å². The summed E-state index contributed by atoms with van der Waals surface area (Å²) >= 11 is 0.932. The largest absolute Gasteiger partial charge is 0.573 e. The fourth-order valence-electron chi connectivity index (χ4n) is 2.33. The zero-order chi connectivity index (χ0) is 21.7. The van der Waals surface area contributed by atoms with Gasteiger partial charge in [-0.05, 0) is 59.8 Å². The van der Waals surface area contributed by atoms with Crippen molar-refractivity contribution in [2.45, 2.75) is 6.36 Å². The minimum Gasteiger partial charge on any atom is -0.484 e. The number of nitrogens with one attached hydrogen (secondary N) is 1. The molecule has 0 spiro atoms. The number of thioether (sulfide) groups is 1. The van der Waals surface area contributed by atoms with Gasteiger partial charge in [0.05, 0.1) is 10.6 Å². The van der Waals surface area contributed by atoms with Gasteiger partial charge in [-0.15, -0.1) is 13.2 Å². The topological polar surface area (TPSA) is 103 Å². The maximum absolute atomic E-state index is 12.2. The van der Waals surface area contributed by atoms with E-state index < -0.39 is 12.3 Å². The number of rotatable bonds is 6. The first-order valence-corrected chi connectivity index (χ1v) is 9.16. The lowest BCUT2D eigenvalue weighted by Crippen LogP contribution is -2.19. The second-order valence-electron chi connectivity index (χ2n) is 5.85. The molecule has 1 heterocycles. The first-order valence-electron chi connectivity index (χ1n) is 8.34. The molecule has 0 atom stereocenters. The summed E-state index contributed by atoms with van der Waals surface area (Å²) in [5.74, 6) is -0.236. The highest BCUT2D eigenvalue weighted by atomic mass is 32.2. The first-order chi connectivity index (χ1) is 14.2. The van der Waals surface area contributed by atoms with Crippen LogP contribution in [0.4, 0.5) is 23.7 Å². The smallest absolute Gasteiger partial charge is 0.484 e. The third-order valence-electron chi connectivity index (χ3n) is 3.53. The second kappa shape index (κ2) is 8.91. The Morgan fingerprint density at radius 1 is 1.10 bits per heavy atom. The van der Waals surface area contributed by atoms with Gasteiger partial charge in [-0.1, -0.05) is 12.1 Å². The number of hydrogen-bond acceptors (Lipinski definition) is 6. The SMILES string of the molecule is NC(=O)COc1ccc(C=C2SC(=O)NC2=Nc2ccc(OC(F)(F)F)cc2)cc1. The predicted octanol–water partition coefficient (Wildman–Crippen LogP) is 3.98. The summed E-state index contributed by atoms with van der Waals surface area (Å²) in [7, 11) is 0. The Labute approximate surface area is 172 Å². The molecule has 2 amide bonds. The fraction of sp³-hybridized carbons (Fsp3) is 0.105. The van der Waals surface area contributed by atoms with Crippen molar-refractivity contribution in [2.24, 2.45) is 10.7 Å². The third kappa shape index (κ3) is 6.27. The number of aliphatic imine (C=N–C) groups is 1. The summed E-state index contributed by atoms with van der Waals surface area (Å²) < 4.78 is 45.7. The number of carbonyl (C=O) groups is 2. The van der Waals surface area contributed by atoms with Crippen LogP contribution in [-0.2, 0) is 4.79 Å². The molecule has 2 aromatic rings. The standard InChI is InChI=1S/C19H14F3N3O4S/c20-19(21,22)29-14-7-3-12(4-8-14)24-17-15(30-18(27)25-17)9-11-1-5-13(6-2-11)28-10-16(23)26/h1-9H,10H2,(H2,23,26)(H,24,25,27). The number of primary amides is 1. The van der Waals surface area contributed by atoms with E-state index in [1.165, 1.54) is 12.1 Å². The summed E-state index contributed by atoms with van der Waals surface area (Å²) in [6, 6.07) is 11.6. The number of ether oxygens (including phenoxy) is 2. The second-order valence-corrected chi connectivity index (χ2v) is 6.86. The molecule has 7 nitrogen and oxygen atoms in total. The molecular formula is C19H14F3N3O4S. The molecule has 1 saturated heterocycles. The van der Waals surface area contributed by atoms with Crippen LogP contribution in [0.3, 0.4) is 0 Å². The number of benzene rings is 2. The van der Waals surface area contributed by atoms with Gasteiger partial charge in [-0.2, -0.15) is 0 Å². The van der Waals surface area contributed by atoms with Crippen LogP contribution in [0, 0.1) is 0 Å². The fourth-order valence-corrected chi connectivity index (χ4v) is 3.07. The maximum Gasteiger partial charge on any atom is 0.573 e. The Morgan fingerprint density at radius 3 is 2.33 bits per heavy atom. The molecule has 0 aliphatic carbocycles. The van der Waals surface area contributed by atoms with E-state index in [1.54, 1.807) is 30.3 Å². The van der Waals surface area contributed by atoms with Crippen LogP contribution in [0.25, 0.3) is 6.08 Å². The van der Waals surface area contributed by atoms with Crippen molar-refractivity contribution in [3.05, 3.63) is 59.0 Å². The molecule has 3 N–H and O–H groups in total. The number of carbonyl (C=O) groups excluding carboxylic acids is 2. The van der Waals surface area contributed by atoms with Gasteiger partial charge in [-0.25, -0.2) is 4.99 Å². The highest BCUT2D eigenvalue weighted by Gasteiger charge is 2.31. The Kier molecular flexibility index (Phi) is 6.31. The minimum absolute atomic E-state index is 0.238. The van der Waals surface area contributed by atoms with Gasteiger partial charge in [0.1, 0.15) is 17.3 Å². The van der Waals surface area contributed by atoms with Crippen molar-refractivity contribution >= 4 is 40.5 Å².